The van der Waals surface area contributed by atoms with Crippen LogP contribution in [0.1, 0.15) is 32.1 Å². The second-order valence-corrected chi connectivity index (χ2v) is 5.36. The minimum absolute atomic E-state index is 0.308. The maximum absolute atomic E-state index is 10.4. The summed E-state index contributed by atoms with van der Waals surface area (Å²) in [5.74, 6) is 0.152. The lowest BCUT2D eigenvalue weighted by Gasteiger charge is -2.31. The molecule has 0 aromatic carbocycles. The molecule has 1 aliphatic rings. The number of carboxylic acid groups (broad SMARTS) is 1. The molecule has 0 radical (unpaired) electrons. The van der Waals surface area contributed by atoms with Gasteiger partial charge in [-0.1, -0.05) is 0 Å². The second kappa shape index (κ2) is 7.67. The van der Waals surface area contributed by atoms with Crippen molar-refractivity contribution in [3.63, 3.8) is 0 Å². The average Bonchev–Trinajstić information content (AvgIpc) is 2.27. The van der Waals surface area contributed by atoms with Crippen molar-refractivity contribution in [2.24, 2.45) is 5.92 Å². The van der Waals surface area contributed by atoms with Gasteiger partial charge >= 0.3 is 5.97 Å². The quantitative estimate of drug-likeness (QED) is 0.687. The number of piperidine rings is 1. The van der Waals surface area contributed by atoms with Gasteiger partial charge in [-0.2, -0.15) is 0 Å². The summed E-state index contributed by atoms with van der Waals surface area (Å²) >= 11 is 0. The molecule has 0 unspecified atom stereocenters. The molecule has 1 N–H and O–H groups in total. The number of carboxylic acids is 1. The Morgan fingerprint density at radius 2 is 2.00 bits per heavy atom. The molecule has 4 nitrogen and oxygen atoms in total. The lowest BCUT2D eigenvalue weighted by molar-refractivity contribution is -0.137. The summed E-state index contributed by atoms with van der Waals surface area (Å²) in [7, 11) is 4.34. The minimum Gasteiger partial charge on any atom is -0.481 e. The van der Waals surface area contributed by atoms with Gasteiger partial charge < -0.3 is 14.9 Å². The van der Waals surface area contributed by atoms with E-state index in [-0.39, 0.29) is 0 Å². The maximum atomic E-state index is 10.4. The van der Waals surface area contributed by atoms with E-state index >= 15 is 0 Å². The van der Waals surface area contributed by atoms with Crippen molar-refractivity contribution in [1.29, 1.82) is 0 Å². The Balaban J connectivity index is 2.04. The summed E-state index contributed by atoms with van der Waals surface area (Å²) in [5.41, 5.74) is 0. The fourth-order valence-corrected chi connectivity index (χ4v) is 2.43. The van der Waals surface area contributed by atoms with E-state index in [0.717, 1.165) is 25.3 Å². The van der Waals surface area contributed by atoms with Gasteiger partial charge in [-0.15, -0.1) is 0 Å². The van der Waals surface area contributed by atoms with Gasteiger partial charge in [0.15, 0.2) is 0 Å². The molecule has 1 fully saturated rings. The number of unbranched alkanes of at least 4 members (excludes halogenated alkanes) is 1. The van der Waals surface area contributed by atoms with E-state index < -0.39 is 5.97 Å². The number of hydrogen-bond acceptors (Lipinski definition) is 3. The summed E-state index contributed by atoms with van der Waals surface area (Å²) in [6.07, 6.45) is 4.70. The minimum atomic E-state index is -0.678. The summed E-state index contributed by atoms with van der Waals surface area (Å²) in [6, 6.07) is 0. The van der Waals surface area contributed by atoms with Crippen LogP contribution < -0.4 is 0 Å². The van der Waals surface area contributed by atoms with Crippen molar-refractivity contribution in [2.45, 2.75) is 32.1 Å². The highest BCUT2D eigenvalue weighted by Crippen LogP contribution is 2.16. The zero-order chi connectivity index (χ0) is 12.7. The average molecular weight is 242 g/mol. The van der Waals surface area contributed by atoms with Crippen LogP contribution in [0.25, 0.3) is 0 Å². The molecule has 0 amide bonds. The van der Waals surface area contributed by atoms with Crippen molar-refractivity contribution in [3.8, 4) is 0 Å². The topological polar surface area (TPSA) is 43.8 Å². The van der Waals surface area contributed by atoms with Gasteiger partial charge in [0.2, 0.25) is 0 Å². The highest BCUT2D eigenvalue weighted by Gasteiger charge is 2.17. The molecule has 1 saturated heterocycles. The van der Waals surface area contributed by atoms with Gasteiger partial charge in [0.1, 0.15) is 0 Å². The third-order valence-electron chi connectivity index (χ3n) is 3.59. The van der Waals surface area contributed by atoms with Crippen LogP contribution in [0.3, 0.4) is 0 Å². The Bertz CT molecular complexity index is 225. The molecule has 1 rings (SSSR count). The highest BCUT2D eigenvalue weighted by molar-refractivity contribution is 5.66. The maximum Gasteiger partial charge on any atom is 0.303 e. The molecular weight excluding hydrogens is 216 g/mol. The number of aliphatic carboxylic acids is 1. The molecule has 4 heteroatoms. The van der Waals surface area contributed by atoms with Crippen molar-refractivity contribution in [2.75, 3.05) is 40.3 Å². The molecular formula is C13H26N2O2. The molecule has 0 spiro atoms. The molecule has 0 aromatic heterocycles. The number of hydrogen-bond donors (Lipinski definition) is 1. The molecule has 1 aliphatic heterocycles. The summed E-state index contributed by atoms with van der Waals surface area (Å²) in [4.78, 5) is 15.1. The van der Waals surface area contributed by atoms with Crippen LogP contribution in [-0.4, -0.2) is 61.2 Å². The van der Waals surface area contributed by atoms with Crippen LogP contribution in [0.2, 0.25) is 0 Å². The number of rotatable bonds is 7. The van der Waals surface area contributed by atoms with Crippen molar-refractivity contribution >= 4 is 5.97 Å². The van der Waals surface area contributed by atoms with Crippen molar-refractivity contribution in [3.05, 3.63) is 0 Å². The zero-order valence-electron chi connectivity index (χ0n) is 11.2. The van der Waals surface area contributed by atoms with Crippen LogP contribution in [0, 0.1) is 5.92 Å². The van der Waals surface area contributed by atoms with E-state index in [9.17, 15) is 4.79 Å². The SMILES string of the molecule is CN1CCC(CN(C)CCCCC(=O)O)CC1. The summed E-state index contributed by atoms with van der Waals surface area (Å²) in [6.45, 7) is 4.63. The summed E-state index contributed by atoms with van der Waals surface area (Å²) < 4.78 is 0. The normalized spacial score (nSPS) is 18.8. The van der Waals surface area contributed by atoms with Gasteiger partial charge in [-0.3, -0.25) is 4.79 Å². The number of likely N-dealkylation sites (tertiary alicyclic amines) is 1. The first kappa shape index (κ1) is 14.5. The van der Waals surface area contributed by atoms with E-state index in [0.29, 0.717) is 6.42 Å². The second-order valence-electron chi connectivity index (χ2n) is 5.36. The Morgan fingerprint density at radius 1 is 1.35 bits per heavy atom. The third kappa shape index (κ3) is 6.64. The first-order valence-electron chi connectivity index (χ1n) is 6.67. The Labute approximate surface area is 105 Å². The Hall–Kier alpha value is -0.610. The van der Waals surface area contributed by atoms with Crippen LogP contribution in [0.15, 0.2) is 0 Å². The van der Waals surface area contributed by atoms with Crippen LogP contribution in [0.4, 0.5) is 0 Å². The molecule has 0 bridgehead atoms. The fourth-order valence-electron chi connectivity index (χ4n) is 2.43. The van der Waals surface area contributed by atoms with Crippen molar-refractivity contribution < 1.29 is 9.90 Å². The van der Waals surface area contributed by atoms with Gasteiger partial charge in [-0.05, 0) is 65.3 Å². The van der Waals surface area contributed by atoms with Gasteiger partial charge in [-0.25, -0.2) is 0 Å². The first-order valence-corrected chi connectivity index (χ1v) is 6.67. The number of nitrogens with zero attached hydrogens (tertiary/aromatic N) is 2. The Morgan fingerprint density at radius 3 is 2.59 bits per heavy atom. The molecule has 100 valence electrons. The molecule has 0 atom stereocenters. The van der Waals surface area contributed by atoms with Crippen LogP contribution in [-0.2, 0) is 4.79 Å². The lowest BCUT2D eigenvalue weighted by atomic mass is 9.96. The fraction of sp³-hybridized carbons (Fsp3) is 0.923. The zero-order valence-corrected chi connectivity index (χ0v) is 11.2. The molecule has 0 saturated carbocycles. The first-order chi connectivity index (χ1) is 8.08. The molecule has 0 aromatic rings. The van der Waals surface area contributed by atoms with Crippen LogP contribution in [0.5, 0.6) is 0 Å². The van der Waals surface area contributed by atoms with Crippen LogP contribution >= 0.6 is 0 Å². The summed E-state index contributed by atoms with van der Waals surface area (Å²) in [5, 5.41) is 8.55. The van der Waals surface area contributed by atoms with E-state index in [4.69, 9.17) is 5.11 Å². The smallest absolute Gasteiger partial charge is 0.303 e. The van der Waals surface area contributed by atoms with Crippen molar-refractivity contribution in [1.82, 2.24) is 9.80 Å². The molecule has 1 heterocycles. The van der Waals surface area contributed by atoms with E-state index in [1.54, 1.807) is 0 Å². The standard InChI is InChI=1S/C13H26N2O2/c1-14-9-6-12(7-10-14)11-15(2)8-4-3-5-13(16)17/h12H,3-11H2,1-2H3,(H,16,17). The van der Waals surface area contributed by atoms with Gasteiger partial charge in [0.05, 0.1) is 0 Å². The monoisotopic (exact) mass is 242 g/mol. The van der Waals surface area contributed by atoms with Gasteiger partial charge in [0, 0.05) is 13.0 Å². The lowest BCUT2D eigenvalue weighted by Crippen LogP contribution is -2.36. The predicted molar refractivity (Wildman–Crippen MR) is 69.2 cm³/mol. The number of carbonyl (C=O) groups is 1. The van der Waals surface area contributed by atoms with E-state index in [2.05, 4.69) is 23.9 Å². The predicted octanol–water partition coefficient (Wildman–Crippen LogP) is 1.51. The highest BCUT2D eigenvalue weighted by atomic mass is 16.4. The van der Waals surface area contributed by atoms with E-state index in [1.165, 1.54) is 32.5 Å². The third-order valence-corrected chi connectivity index (χ3v) is 3.59. The largest absolute Gasteiger partial charge is 0.481 e. The Kier molecular flexibility index (Phi) is 6.52. The molecule has 17 heavy (non-hydrogen) atoms. The van der Waals surface area contributed by atoms with Gasteiger partial charge in [0.25, 0.3) is 0 Å². The van der Waals surface area contributed by atoms with E-state index in [1.807, 2.05) is 0 Å². The molecule has 0 aliphatic carbocycles.